The molecule has 0 aliphatic rings. The molecule has 8 nitrogen and oxygen atoms in total. The molecule has 0 spiro atoms. The molecule has 9 heteroatoms. The van der Waals surface area contributed by atoms with Gasteiger partial charge in [0, 0.05) is 30.4 Å². The van der Waals surface area contributed by atoms with Gasteiger partial charge in [0.05, 0.1) is 10.7 Å². The minimum Gasteiger partial charge on any atom is -0.325 e. The number of hydrogen-bond donors (Lipinski definition) is 1. The molecule has 1 heterocycles. The van der Waals surface area contributed by atoms with Gasteiger partial charge in [0.25, 0.3) is 5.69 Å². The first-order valence-corrected chi connectivity index (χ1v) is 9.07. The van der Waals surface area contributed by atoms with E-state index in [2.05, 4.69) is 15.5 Å². The Kier molecular flexibility index (Phi) is 5.51. The first-order chi connectivity index (χ1) is 13.0. The van der Waals surface area contributed by atoms with Crippen LogP contribution < -0.4 is 5.32 Å². The van der Waals surface area contributed by atoms with Gasteiger partial charge in [-0.25, -0.2) is 0 Å². The van der Waals surface area contributed by atoms with E-state index in [0.717, 1.165) is 11.3 Å². The topological polar surface area (TPSA) is 103 Å². The van der Waals surface area contributed by atoms with Gasteiger partial charge in [0.1, 0.15) is 0 Å². The van der Waals surface area contributed by atoms with E-state index in [-0.39, 0.29) is 17.3 Å². The van der Waals surface area contributed by atoms with Crippen LogP contribution in [0, 0.1) is 17.0 Å². The molecule has 0 aliphatic heterocycles. The Labute approximate surface area is 159 Å². The van der Waals surface area contributed by atoms with E-state index in [0.29, 0.717) is 16.5 Å². The van der Waals surface area contributed by atoms with Crippen molar-refractivity contribution in [2.45, 2.75) is 12.1 Å². The van der Waals surface area contributed by atoms with Gasteiger partial charge >= 0.3 is 0 Å². The van der Waals surface area contributed by atoms with E-state index in [1.54, 1.807) is 23.7 Å². The van der Waals surface area contributed by atoms with Crippen LogP contribution in [0.4, 0.5) is 11.4 Å². The first-order valence-electron chi connectivity index (χ1n) is 8.08. The van der Waals surface area contributed by atoms with Crippen LogP contribution in [0.3, 0.4) is 0 Å². The highest BCUT2D eigenvalue weighted by Crippen LogP contribution is 2.24. The fourth-order valence-electron chi connectivity index (χ4n) is 2.45. The van der Waals surface area contributed by atoms with Gasteiger partial charge < -0.3 is 9.88 Å². The summed E-state index contributed by atoms with van der Waals surface area (Å²) in [5.41, 5.74) is 2.51. The molecule has 0 radical (unpaired) electrons. The van der Waals surface area contributed by atoms with Crippen LogP contribution in [0.15, 0.2) is 53.7 Å². The molecule has 1 amide bonds. The fourth-order valence-corrected chi connectivity index (χ4v) is 3.16. The van der Waals surface area contributed by atoms with Gasteiger partial charge in [-0.15, -0.1) is 10.2 Å². The molecule has 0 fully saturated rings. The number of benzene rings is 2. The summed E-state index contributed by atoms with van der Waals surface area (Å²) < 4.78 is 1.76. The number of rotatable bonds is 6. The number of carbonyl (C=O) groups excluding carboxylic acids is 1. The largest absolute Gasteiger partial charge is 0.325 e. The summed E-state index contributed by atoms with van der Waals surface area (Å²) in [5, 5.41) is 22.4. The van der Waals surface area contributed by atoms with E-state index in [9.17, 15) is 14.9 Å². The molecular formula is C18H17N5O3S. The fraction of sp³-hybridized carbons (Fsp3) is 0.167. The van der Waals surface area contributed by atoms with Crippen LogP contribution in [-0.2, 0) is 11.8 Å². The second-order valence-electron chi connectivity index (χ2n) is 5.82. The normalized spacial score (nSPS) is 10.6. The summed E-state index contributed by atoms with van der Waals surface area (Å²) in [6.45, 7) is 1.93. The summed E-state index contributed by atoms with van der Waals surface area (Å²) in [7, 11) is 1.79. The van der Waals surface area contributed by atoms with Crippen molar-refractivity contribution in [3.8, 4) is 11.4 Å². The van der Waals surface area contributed by atoms with Crippen molar-refractivity contribution in [2.24, 2.45) is 7.05 Å². The molecule has 0 aliphatic carbocycles. The zero-order chi connectivity index (χ0) is 19.4. The molecule has 138 valence electrons. The van der Waals surface area contributed by atoms with E-state index >= 15 is 0 Å². The molecule has 1 aromatic heterocycles. The maximum Gasteiger partial charge on any atom is 0.269 e. The van der Waals surface area contributed by atoms with Gasteiger partial charge in [-0.2, -0.15) is 0 Å². The molecule has 0 atom stereocenters. The lowest BCUT2D eigenvalue weighted by atomic mass is 10.2. The number of hydrogen-bond acceptors (Lipinski definition) is 6. The number of aryl methyl sites for hydroxylation is 1. The predicted molar refractivity (Wildman–Crippen MR) is 104 cm³/mol. The quantitative estimate of drug-likeness (QED) is 0.397. The lowest BCUT2D eigenvalue weighted by Crippen LogP contribution is -2.15. The summed E-state index contributed by atoms with van der Waals surface area (Å²) in [4.78, 5) is 22.5. The number of nitro benzene ring substituents is 1. The molecule has 0 saturated carbocycles. The average molecular weight is 383 g/mol. The standard InChI is InChI=1S/C18H17N5O3S/c1-12-5-3-4-6-15(12)19-16(24)11-27-18-21-20-17(22(18)2)13-7-9-14(10-8-13)23(25)26/h3-10H,11H2,1-2H3,(H,19,24). The molecule has 27 heavy (non-hydrogen) atoms. The number of anilines is 1. The minimum atomic E-state index is -0.450. The molecule has 0 unspecified atom stereocenters. The van der Waals surface area contributed by atoms with Gasteiger partial charge in [0.15, 0.2) is 11.0 Å². The van der Waals surface area contributed by atoms with Crippen LogP contribution >= 0.6 is 11.8 Å². The first kappa shape index (κ1) is 18.6. The number of thioether (sulfide) groups is 1. The van der Waals surface area contributed by atoms with Gasteiger partial charge in [-0.05, 0) is 30.7 Å². The van der Waals surface area contributed by atoms with Crippen LogP contribution in [0.25, 0.3) is 11.4 Å². The Hall–Kier alpha value is -3.20. The van der Waals surface area contributed by atoms with E-state index < -0.39 is 4.92 Å². The van der Waals surface area contributed by atoms with E-state index in [4.69, 9.17) is 0 Å². The zero-order valence-electron chi connectivity index (χ0n) is 14.7. The Morgan fingerprint density at radius 2 is 1.89 bits per heavy atom. The molecule has 0 bridgehead atoms. The zero-order valence-corrected chi connectivity index (χ0v) is 15.6. The van der Waals surface area contributed by atoms with E-state index in [1.807, 2.05) is 31.2 Å². The maximum absolute atomic E-state index is 12.2. The Morgan fingerprint density at radius 1 is 1.19 bits per heavy atom. The van der Waals surface area contributed by atoms with Crippen molar-refractivity contribution in [3.05, 3.63) is 64.2 Å². The molecule has 3 rings (SSSR count). The maximum atomic E-state index is 12.2. The van der Waals surface area contributed by atoms with Crippen LogP contribution in [-0.4, -0.2) is 31.3 Å². The van der Waals surface area contributed by atoms with Crippen molar-refractivity contribution >= 4 is 29.0 Å². The van der Waals surface area contributed by atoms with Crippen LogP contribution in [0.5, 0.6) is 0 Å². The molecule has 3 aromatic rings. The molecule has 0 saturated heterocycles. The number of carbonyl (C=O) groups is 1. The van der Waals surface area contributed by atoms with Crippen molar-refractivity contribution in [1.29, 1.82) is 0 Å². The third-order valence-corrected chi connectivity index (χ3v) is 4.94. The van der Waals surface area contributed by atoms with Gasteiger partial charge in [0.2, 0.25) is 5.91 Å². The van der Waals surface area contributed by atoms with Crippen molar-refractivity contribution in [2.75, 3.05) is 11.1 Å². The van der Waals surface area contributed by atoms with Crippen molar-refractivity contribution < 1.29 is 9.72 Å². The second-order valence-corrected chi connectivity index (χ2v) is 6.76. The smallest absolute Gasteiger partial charge is 0.269 e. The van der Waals surface area contributed by atoms with Gasteiger partial charge in [-0.1, -0.05) is 30.0 Å². The summed E-state index contributed by atoms with van der Waals surface area (Å²) >= 11 is 1.27. The SMILES string of the molecule is Cc1ccccc1NC(=O)CSc1nnc(-c2ccc([N+](=O)[O-])cc2)n1C. The minimum absolute atomic E-state index is 0.0170. The van der Waals surface area contributed by atoms with Crippen LogP contribution in [0.1, 0.15) is 5.56 Å². The summed E-state index contributed by atoms with van der Waals surface area (Å²) in [6, 6.07) is 13.7. The number of nitrogens with zero attached hydrogens (tertiary/aromatic N) is 4. The number of amides is 1. The highest BCUT2D eigenvalue weighted by Gasteiger charge is 2.14. The number of non-ortho nitro benzene ring substituents is 1. The number of aromatic nitrogens is 3. The van der Waals surface area contributed by atoms with Crippen molar-refractivity contribution in [3.63, 3.8) is 0 Å². The lowest BCUT2D eigenvalue weighted by Gasteiger charge is -2.08. The number of nitrogens with one attached hydrogen (secondary N) is 1. The van der Waals surface area contributed by atoms with E-state index in [1.165, 1.54) is 23.9 Å². The van der Waals surface area contributed by atoms with Crippen molar-refractivity contribution in [1.82, 2.24) is 14.8 Å². The molecular weight excluding hydrogens is 366 g/mol. The third-order valence-electron chi connectivity index (χ3n) is 3.92. The highest BCUT2D eigenvalue weighted by atomic mass is 32.2. The molecule has 2 aromatic carbocycles. The second kappa shape index (κ2) is 8.00. The predicted octanol–water partition coefficient (Wildman–Crippen LogP) is 3.43. The Bertz CT molecular complexity index is 985. The third kappa shape index (κ3) is 4.32. The molecule has 1 N–H and O–H groups in total. The lowest BCUT2D eigenvalue weighted by molar-refractivity contribution is -0.384. The van der Waals surface area contributed by atoms with Gasteiger partial charge in [-0.3, -0.25) is 14.9 Å². The average Bonchev–Trinajstić information content (AvgIpc) is 3.02. The Morgan fingerprint density at radius 3 is 2.56 bits per heavy atom. The summed E-state index contributed by atoms with van der Waals surface area (Å²) in [5.74, 6) is 0.640. The monoisotopic (exact) mass is 383 g/mol. The Balaban J connectivity index is 1.66. The number of nitro groups is 1. The number of para-hydroxylation sites is 1. The van der Waals surface area contributed by atoms with Crippen LogP contribution in [0.2, 0.25) is 0 Å². The summed E-state index contributed by atoms with van der Waals surface area (Å²) in [6.07, 6.45) is 0. The highest BCUT2D eigenvalue weighted by molar-refractivity contribution is 7.99.